The molecule has 1 N–H and O–H groups in total. The summed E-state index contributed by atoms with van der Waals surface area (Å²) in [5.74, 6) is 1.35. The van der Waals surface area contributed by atoms with E-state index in [1.807, 2.05) is 29.2 Å². The third-order valence-electron chi connectivity index (χ3n) is 4.56. The molecule has 25 heavy (non-hydrogen) atoms. The number of ether oxygens (including phenoxy) is 1. The van der Waals surface area contributed by atoms with Crippen molar-refractivity contribution in [1.82, 2.24) is 20.1 Å². The highest BCUT2D eigenvalue weighted by Gasteiger charge is 2.26. The van der Waals surface area contributed by atoms with Gasteiger partial charge in [0.05, 0.1) is 18.3 Å². The molecule has 1 aromatic heterocycles. The van der Waals surface area contributed by atoms with Gasteiger partial charge in [-0.1, -0.05) is 44.9 Å². The maximum atomic E-state index is 13.1. The van der Waals surface area contributed by atoms with Crippen LogP contribution < -0.4 is 0 Å². The van der Waals surface area contributed by atoms with Gasteiger partial charge in [0, 0.05) is 18.7 Å². The molecule has 1 aromatic carbocycles. The smallest absolute Gasteiger partial charge is 0.254 e. The third kappa shape index (κ3) is 4.45. The second-order valence-corrected chi connectivity index (χ2v) is 6.95. The Balaban J connectivity index is 1.69. The number of carbonyl (C=O) groups excluding carboxylic acids is 1. The second-order valence-electron chi connectivity index (χ2n) is 6.95. The first-order valence-electron chi connectivity index (χ1n) is 9.00. The van der Waals surface area contributed by atoms with Crippen molar-refractivity contribution < 1.29 is 9.53 Å². The number of carbonyl (C=O) groups is 1. The summed E-state index contributed by atoms with van der Waals surface area (Å²) >= 11 is 0. The third-order valence-corrected chi connectivity index (χ3v) is 4.56. The SMILES string of the molecule is CC(C)CCCC1CN(C(=O)c2ccccc2-c2ncn[nH]2)CCO1. The van der Waals surface area contributed by atoms with Crippen molar-refractivity contribution in [3.63, 3.8) is 0 Å². The number of nitrogens with zero attached hydrogens (tertiary/aromatic N) is 3. The maximum Gasteiger partial charge on any atom is 0.254 e. The number of amides is 1. The first-order chi connectivity index (χ1) is 12.1. The fourth-order valence-corrected chi connectivity index (χ4v) is 3.21. The van der Waals surface area contributed by atoms with E-state index in [0.29, 0.717) is 37.0 Å². The summed E-state index contributed by atoms with van der Waals surface area (Å²) < 4.78 is 5.86. The van der Waals surface area contributed by atoms with Gasteiger partial charge in [-0.2, -0.15) is 5.10 Å². The van der Waals surface area contributed by atoms with Crippen LogP contribution in [0.25, 0.3) is 11.4 Å². The minimum atomic E-state index is 0.0316. The van der Waals surface area contributed by atoms with E-state index in [4.69, 9.17) is 4.74 Å². The van der Waals surface area contributed by atoms with Crippen molar-refractivity contribution >= 4 is 5.91 Å². The molecule has 134 valence electrons. The van der Waals surface area contributed by atoms with Gasteiger partial charge in [0.25, 0.3) is 5.91 Å². The molecule has 1 atom stereocenters. The molecule has 1 aliphatic rings. The fraction of sp³-hybridized carbons (Fsp3) is 0.526. The molecule has 2 aromatic rings. The van der Waals surface area contributed by atoms with Crippen molar-refractivity contribution in [2.24, 2.45) is 5.92 Å². The minimum absolute atomic E-state index is 0.0316. The zero-order valence-electron chi connectivity index (χ0n) is 14.9. The standard InChI is InChI=1S/C19H26N4O2/c1-14(2)6-5-7-15-12-23(10-11-25-15)19(24)17-9-4-3-8-16(17)18-20-13-21-22-18/h3-4,8-9,13-15H,5-7,10-12H2,1-2H3,(H,20,21,22). The molecule has 6 nitrogen and oxygen atoms in total. The van der Waals surface area contributed by atoms with Crippen molar-refractivity contribution in [3.8, 4) is 11.4 Å². The maximum absolute atomic E-state index is 13.1. The van der Waals surface area contributed by atoms with Gasteiger partial charge in [0.1, 0.15) is 6.33 Å². The van der Waals surface area contributed by atoms with Gasteiger partial charge in [-0.05, 0) is 18.4 Å². The number of rotatable bonds is 6. The Morgan fingerprint density at radius 1 is 1.40 bits per heavy atom. The molecule has 1 saturated heterocycles. The molecule has 0 aliphatic carbocycles. The molecule has 2 heterocycles. The summed E-state index contributed by atoms with van der Waals surface area (Å²) in [5.41, 5.74) is 1.44. The molecule has 1 aliphatic heterocycles. The van der Waals surface area contributed by atoms with Crippen molar-refractivity contribution in [1.29, 1.82) is 0 Å². The fourth-order valence-electron chi connectivity index (χ4n) is 3.21. The van der Waals surface area contributed by atoms with Gasteiger partial charge in [0.15, 0.2) is 5.82 Å². The average molecular weight is 342 g/mol. The number of nitrogens with one attached hydrogen (secondary N) is 1. The van der Waals surface area contributed by atoms with Crippen LogP contribution in [0.2, 0.25) is 0 Å². The van der Waals surface area contributed by atoms with Gasteiger partial charge in [-0.15, -0.1) is 0 Å². The number of hydrogen-bond acceptors (Lipinski definition) is 4. The van der Waals surface area contributed by atoms with Crippen LogP contribution in [-0.4, -0.2) is 51.8 Å². The lowest BCUT2D eigenvalue weighted by atomic mass is 10.0. The van der Waals surface area contributed by atoms with Crippen LogP contribution in [0.15, 0.2) is 30.6 Å². The lowest BCUT2D eigenvalue weighted by Crippen LogP contribution is -2.45. The minimum Gasteiger partial charge on any atom is -0.375 e. The van der Waals surface area contributed by atoms with E-state index in [1.54, 1.807) is 0 Å². The van der Waals surface area contributed by atoms with Crippen molar-refractivity contribution in [2.75, 3.05) is 19.7 Å². The van der Waals surface area contributed by atoms with Crippen molar-refractivity contribution in [2.45, 2.75) is 39.2 Å². The van der Waals surface area contributed by atoms with Crippen LogP contribution >= 0.6 is 0 Å². The molecule has 3 rings (SSSR count). The Labute approximate surface area is 148 Å². The molecular formula is C19H26N4O2. The highest BCUT2D eigenvalue weighted by Crippen LogP contribution is 2.23. The number of hydrogen-bond donors (Lipinski definition) is 1. The van der Waals surface area contributed by atoms with Crippen LogP contribution in [0.4, 0.5) is 0 Å². The normalized spacial score (nSPS) is 17.9. The highest BCUT2D eigenvalue weighted by molar-refractivity contribution is 6.00. The summed E-state index contributed by atoms with van der Waals surface area (Å²) in [6, 6.07) is 7.54. The molecule has 1 unspecified atom stereocenters. The van der Waals surface area contributed by atoms with E-state index in [9.17, 15) is 4.79 Å². The Morgan fingerprint density at radius 2 is 2.24 bits per heavy atom. The number of benzene rings is 1. The quantitative estimate of drug-likeness (QED) is 0.875. The Kier molecular flexibility index (Phi) is 5.81. The van der Waals surface area contributed by atoms with Crippen LogP contribution in [-0.2, 0) is 4.74 Å². The van der Waals surface area contributed by atoms with Crippen LogP contribution in [0.3, 0.4) is 0 Å². The monoisotopic (exact) mass is 342 g/mol. The van der Waals surface area contributed by atoms with Gasteiger partial charge in [0.2, 0.25) is 0 Å². The zero-order chi connectivity index (χ0) is 17.6. The van der Waals surface area contributed by atoms with E-state index in [-0.39, 0.29) is 12.0 Å². The van der Waals surface area contributed by atoms with Gasteiger partial charge in [-0.3, -0.25) is 9.89 Å². The van der Waals surface area contributed by atoms with E-state index in [1.165, 1.54) is 12.7 Å². The molecule has 0 radical (unpaired) electrons. The molecule has 1 fully saturated rings. The second kappa shape index (κ2) is 8.25. The van der Waals surface area contributed by atoms with E-state index < -0.39 is 0 Å². The van der Waals surface area contributed by atoms with E-state index in [2.05, 4.69) is 29.0 Å². The van der Waals surface area contributed by atoms with Crippen LogP contribution in [0, 0.1) is 5.92 Å². The lowest BCUT2D eigenvalue weighted by molar-refractivity contribution is -0.0259. The van der Waals surface area contributed by atoms with Crippen molar-refractivity contribution in [3.05, 3.63) is 36.2 Å². The molecule has 0 bridgehead atoms. The topological polar surface area (TPSA) is 71.1 Å². The molecular weight excluding hydrogens is 316 g/mol. The highest BCUT2D eigenvalue weighted by atomic mass is 16.5. The summed E-state index contributed by atoms with van der Waals surface area (Å²) in [7, 11) is 0. The first kappa shape index (κ1) is 17.6. The average Bonchev–Trinajstić information content (AvgIpc) is 3.15. The number of aromatic amines is 1. The number of aromatic nitrogens is 3. The van der Waals surface area contributed by atoms with Gasteiger partial charge >= 0.3 is 0 Å². The lowest BCUT2D eigenvalue weighted by Gasteiger charge is -2.33. The predicted molar refractivity (Wildman–Crippen MR) is 96.2 cm³/mol. The van der Waals surface area contributed by atoms with Gasteiger partial charge in [-0.25, -0.2) is 4.98 Å². The molecule has 0 spiro atoms. The largest absolute Gasteiger partial charge is 0.375 e. The molecule has 0 saturated carbocycles. The van der Waals surface area contributed by atoms with E-state index in [0.717, 1.165) is 18.4 Å². The Hall–Kier alpha value is -2.21. The Morgan fingerprint density at radius 3 is 3.00 bits per heavy atom. The summed E-state index contributed by atoms with van der Waals surface area (Å²) in [4.78, 5) is 19.1. The summed E-state index contributed by atoms with van der Waals surface area (Å²) in [6.45, 7) is 6.35. The predicted octanol–water partition coefficient (Wildman–Crippen LogP) is 3.14. The van der Waals surface area contributed by atoms with Gasteiger partial charge < -0.3 is 9.64 Å². The summed E-state index contributed by atoms with van der Waals surface area (Å²) in [6.07, 6.45) is 4.93. The molecule has 6 heteroatoms. The molecule has 1 amide bonds. The Bertz CT molecular complexity index is 684. The van der Waals surface area contributed by atoms with Crippen LogP contribution in [0.5, 0.6) is 0 Å². The zero-order valence-corrected chi connectivity index (χ0v) is 14.9. The van der Waals surface area contributed by atoms with Crippen LogP contribution in [0.1, 0.15) is 43.5 Å². The number of H-pyrrole nitrogens is 1. The van der Waals surface area contributed by atoms with E-state index >= 15 is 0 Å². The number of morpholine rings is 1. The first-order valence-corrected chi connectivity index (χ1v) is 9.00. The summed E-state index contributed by atoms with van der Waals surface area (Å²) in [5, 5.41) is 6.73.